The number of alkyl halides is 3. The molecule has 6 unspecified atom stereocenters. The molecule has 1 heterocycles. The number of halogens is 3. The van der Waals surface area contributed by atoms with Gasteiger partial charge in [0, 0.05) is 12.1 Å². The quantitative estimate of drug-likeness (QED) is 0.0432. The number of benzene rings is 3. The van der Waals surface area contributed by atoms with Crippen LogP contribution < -0.4 is 14.8 Å². The summed E-state index contributed by atoms with van der Waals surface area (Å²) in [4.78, 5) is 15.7. The molecule has 1 aliphatic heterocycles. The van der Waals surface area contributed by atoms with Crippen molar-refractivity contribution in [2.75, 3.05) is 60.4 Å². The van der Waals surface area contributed by atoms with Gasteiger partial charge in [0.1, 0.15) is 23.7 Å². The predicted octanol–water partition coefficient (Wildman–Crippen LogP) is 8.39. The predicted molar refractivity (Wildman–Crippen MR) is 222 cm³/mol. The van der Waals surface area contributed by atoms with Gasteiger partial charge in [-0.2, -0.15) is 13.2 Å². The molecule has 60 heavy (non-hydrogen) atoms. The molecule has 1 saturated heterocycles. The molecule has 0 saturated carbocycles. The van der Waals surface area contributed by atoms with Gasteiger partial charge in [0.25, 0.3) is 8.53 Å². The number of hydrogen-bond acceptors (Lipinski definition) is 10. The fourth-order valence-corrected chi connectivity index (χ4v) is 8.74. The van der Waals surface area contributed by atoms with Crippen LogP contribution in [0.5, 0.6) is 11.5 Å². The summed E-state index contributed by atoms with van der Waals surface area (Å²) >= 11 is 0. The number of rotatable bonds is 23. The first-order valence-corrected chi connectivity index (χ1v) is 21.2. The third-order valence-corrected chi connectivity index (χ3v) is 12.5. The van der Waals surface area contributed by atoms with E-state index in [2.05, 4.69) is 14.8 Å². The summed E-state index contributed by atoms with van der Waals surface area (Å²) < 4.78 is 91.3. The minimum atomic E-state index is -5.11. The minimum absolute atomic E-state index is 0.0279. The van der Waals surface area contributed by atoms with Crippen LogP contribution >= 0.6 is 8.53 Å². The lowest BCUT2D eigenvalue weighted by Gasteiger charge is -2.44. The van der Waals surface area contributed by atoms with Crippen LogP contribution in [0.15, 0.2) is 78.9 Å². The van der Waals surface area contributed by atoms with Gasteiger partial charge >= 0.3 is 12.1 Å². The largest absolute Gasteiger partial charge is 0.497 e. The van der Waals surface area contributed by atoms with Gasteiger partial charge in [0.15, 0.2) is 6.29 Å². The molecule has 4 rings (SSSR count). The van der Waals surface area contributed by atoms with Crippen molar-refractivity contribution in [1.82, 2.24) is 9.99 Å². The summed E-state index contributed by atoms with van der Waals surface area (Å²) in [6, 6.07) is 23.8. The van der Waals surface area contributed by atoms with Gasteiger partial charge < -0.3 is 47.6 Å². The lowest BCUT2D eigenvalue weighted by atomic mass is 9.80. The summed E-state index contributed by atoms with van der Waals surface area (Å²) in [6.45, 7) is 19.7. The van der Waals surface area contributed by atoms with Crippen LogP contribution in [0.25, 0.3) is 4.85 Å². The molecule has 1 aliphatic rings. The Morgan fingerprint density at radius 1 is 0.800 bits per heavy atom. The monoisotopic (exact) mass is 861 g/mol. The van der Waals surface area contributed by atoms with Crippen LogP contribution in [0.2, 0.25) is 0 Å². The molecular formula is C44H59F3N3O9P. The summed E-state index contributed by atoms with van der Waals surface area (Å²) in [5, 5.41) is 2.13. The van der Waals surface area contributed by atoms with Crippen molar-refractivity contribution in [3.8, 4) is 11.5 Å². The summed E-state index contributed by atoms with van der Waals surface area (Å²) in [5.41, 5.74) is 1.23. The SMILES string of the molecule is [C-]#[N+]CCOP(OCCOCC1OC(OCCOC(c2ccccc2)(c2ccc(OC)cc2)c2ccc(OC)cc2)C(NC(=O)C(F)(F)F)C(C)C1C)N(C(C)C)C(C)C. The number of hydrogen-bond donors (Lipinski definition) is 1. The second kappa shape index (κ2) is 23.4. The minimum Gasteiger partial charge on any atom is -0.497 e. The average molecular weight is 862 g/mol. The van der Waals surface area contributed by atoms with Crippen molar-refractivity contribution >= 4 is 14.4 Å². The Hall–Kier alpha value is -3.84. The maximum atomic E-state index is 13.6. The van der Waals surface area contributed by atoms with Gasteiger partial charge in [0.2, 0.25) is 6.54 Å². The first-order chi connectivity index (χ1) is 28.7. The van der Waals surface area contributed by atoms with Crippen molar-refractivity contribution in [2.24, 2.45) is 11.8 Å². The number of amides is 1. The van der Waals surface area contributed by atoms with E-state index in [-0.39, 0.29) is 64.2 Å². The van der Waals surface area contributed by atoms with E-state index in [1.165, 1.54) is 0 Å². The molecule has 1 fully saturated rings. The van der Waals surface area contributed by atoms with Crippen LogP contribution in [-0.2, 0) is 38.4 Å². The van der Waals surface area contributed by atoms with E-state index in [0.717, 1.165) is 16.7 Å². The van der Waals surface area contributed by atoms with Crippen LogP contribution in [-0.4, -0.2) is 108 Å². The zero-order valence-corrected chi connectivity index (χ0v) is 36.5. The molecule has 16 heteroatoms. The number of nitrogens with one attached hydrogen (secondary N) is 1. The molecule has 3 aromatic rings. The topological polar surface area (TPSA) is 111 Å². The molecular weight excluding hydrogens is 802 g/mol. The molecule has 12 nitrogen and oxygen atoms in total. The van der Waals surface area contributed by atoms with Crippen molar-refractivity contribution in [3.63, 3.8) is 0 Å². The van der Waals surface area contributed by atoms with Crippen LogP contribution in [0, 0.1) is 18.4 Å². The highest BCUT2D eigenvalue weighted by atomic mass is 31.2. The molecule has 0 bridgehead atoms. The van der Waals surface area contributed by atoms with Crippen LogP contribution in [0.4, 0.5) is 13.2 Å². The van der Waals surface area contributed by atoms with Gasteiger partial charge in [-0.05, 0) is 80.5 Å². The Kier molecular flexibility index (Phi) is 19.0. The number of nitrogens with zero attached hydrogens (tertiary/aromatic N) is 2. The normalized spacial score (nSPS) is 20.2. The number of carbonyl (C=O) groups excluding carboxylic acids is 1. The summed E-state index contributed by atoms with van der Waals surface area (Å²) in [5.74, 6) is -1.60. The fraction of sp³-hybridized carbons (Fsp3) is 0.545. The van der Waals surface area contributed by atoms with Gasteiger partial charge in [-0.3, -0.25) is 4.79 Å². The molecule has 0 radical (unpaired) electrons. The molecule has 330 valence electrons. The highest BCUT2D eigenvalue weighted by Crippen LogP contribution is 2.46. The fourth-order valence-electron chi connectivity index (χ4n) is 7.18. The Morgan fingerprint density at radius 2 is 1.35 bits per heavy atom. The lowest BCUT2D eigenvalue weighted by molar-refractivity contribution is -0.251. The Balaban J connectivity index is 1.52. The van der Waals surface area contributed by atoms with E-state index in [1.807, 2.05) is 113 Å². The third-order valence-electron chi connectivity index (χ3n) is 10.4. The maximum Gasteiger partial charge on any atom is 0.471 e. The molecule has 0 aromatic heterocycles. The van der Waals surface area contributed by atoms with Crippen LogP contribution in [0.3, 0.4) is 0 Å². The van der Waals surface area contributed by atoms with E-state index < -0.39 is 50.6 Å². The zero-order valence-electron chi connectivity index (χ0n) is 35.6. The lowest BCUT2D eigenvalue weighted by Crippen LogP contribution is -2.60. The van der Waals surface area contributed by atoms with Crippen molar-refractivity contribution in [2.45, 2.75) is 83.8 Å². The van der Waals surface area contributed by atoms with Gasteiger partial charge in [-0.15, -0.1) is 0 Å². The van der Waals surface area contributed by atoms with Crippen molar-refractivity contribution in [3.05, 3.63) is 107 Å². The standard InChI is InChI=1S/C44H59F3N3O9P/c1-30(2)50(31(3)4)60(57-24-23-48-7)58-28-25-54-29-39-32(5)33(6)40(49-42(51)44(45,46)47)41(59-39)55-26-27-56-43(34-13-11-10-12-14-34,35-15-19-37(52-8)20-16-35)36-17-21-38(53-9)22-18-36/h10-22,30-33,39-41H,23-29H2,1-6,8-9H3,(H,49,51). The first kappa shape index (κ1) is 48.8. The summed E-state index contributed by atoms with van der Waals surface area (Å²) in [7, 11) is 1.72. The average Bonchev–Trinajstić information content (AvgIpc) is 3.23. The number of carbonyl (C=O) groups is 1. The zero-order chi connectivity index (χ0) is 43.9. The number of methoxy groups -OCH3 is 2. The Bertz CT molecular complexity index is 1710. The van der Waals surface area contributed by atoms with Crippen molar-refractivity contribution < 1.29 is 55.4 Å². The summed E-state index contributed by atoms with van der Waals surface area (Å²) in [6.07, 6.45) is -6.97. The first-order valence-electron chi connectivity index (χ1n) is 20.1. The molecule has 0 spiro atoms. The van der Waals surface area contributed by atoms with E-state index in [4.69, 9.17) is 44.0 Å². The third kappa shape index (κ3) is 12.8. The highest BCUT2D eigenvalue weighted by molar-refractivity contribution is 7.44. The Labute approximate surface area is 353 Å². The van der Waals surface area contributed by atoms with Crippen molar-refractivity contribution in [1.29, 1.82) is 0 Å². The van der Waals surface area contributed by atoms with Gasteiger partial charge in [0.05, 0.1) is 59.4 Å². The highest BCUT2D eigenvalue weighted by Gasteiger charge is 2.47. The van der Waals surface area contributed by atoms with E-state index in [1.54, 1.807) is 21.1 Å². The smallest absolute Gasteiger partial charge is 0.471 e. The maximum absolute atomic E-state index is 13.6. The second-order valence-electron chi connectivity index (χ2n) is 14.9. The molecule has 3 aromatic carbocycles. The molecule has 0 aliphatic carbocycles. The van der Waals surface area contributed by atoms with Crippen LogP contribution in [0.1, 0.15) is 58.2 Å². The van der Waals surface area contributed by atoms with E-state index in [0.29, 0.717) is 11.5 Å². The second-order valence-corrected chi connectivity index (χ2v) is 16.4. The van der Waals surface area contributed by atoms with E-state index in [9.17, 15) is 18.0 Å². The Morgan fingerprint density at radius 3 is 1.87 bits per heavy atom. The van der Waals surface area contributed by atoms with E-state index >= 15 is 0 Å². The van der Waals surface area contributed by atoms with Gasteiger partial charge in [-0.1, -0.05) is 68.4 Å². The molecule has 1 N–H and O–H groups in total. The molecule has 1 amide bonds. The van der Waals surface area contributed by atoms with Gasteiger partial charge in [-0.25, -0.2) is 11.2 Å². The number of ether oxygens (including phenoxy) is 6. The molecule has 6 atom stereocenters.